The Hall–Kier alpha value is -1.37. The van der Waals surface area contributed by atoms with Crippen LogP contribution in [0.1, 0.15) is 5.56 Å². The van der Waals surface area contributed by atoms with E-state index in [0.29, 0.717) is 11.6 Å². The summed E-state index contributed by atoms with van der Waals surface area (Å²) in [6, 6.07) is 5.94. The molecule has 20 heavy (non-hydrogen) atoms. The van der Waals surface area contributed by atoms with Crippen LogP contribution >= 0.6 is 12.2 Å². The number of rotatable bonds is 5. The third-order valence-corrected chi connectivity index (χ3v) is 3.58. The van der Waals surface area contributed by atoms with Crippen molar-refractivity contribution in [1.82, 2.24) is 4.90 Å². The largest absolute Gasteiger partial charge is 0.493 e. The lowest BCUT2D eigenvalue weighted by molar-refractivity contribution is 0.00389. The fourth-order valence-electron chi connectivity index (χ4n) is 2.26. The van der Waals surface area contributed by atoms with Gasteiger partial charge in [0.15, 0.2) is 11.5 Å². The average Bonchev–Trinajstić information content (AvgIpc) is 2.47. The molecule has 6 heteroatoms. The molecular weight excluding hydrogens is 276 g/mol. The summed E-state index contributed by atoms with van der Waals surface area (Å²) in [7, 11) is 3.27. The highest BCUT2D eigenvalue weighted by Crippen LogP contribution is 2.28. The van der Waals surface area contributed by atoms with Crippen LogP contribution in [0.25, 0.3) is 0 Å². The lowest BCUT2D eigenvalue weighted by Gasteiger charge is -2.32. The molecule has 0 radical (unpaired) electrons. The zero-order valence-corrected chi connectivity index (χ0v) is 12.6. The Kier molecular flexibility index (Phi) is 5.17. The average molecular weight is 296 g/mol. The fourth-order valence-corrected chi connectivity index (χ4v) is 2.40. The third-order valence-electron chi connectivity index (χ3n) is 3.32. The van der Waals surface area contributed by atoms with E-state index in [0.717, 1.165) is 36.7 Å². The van der Waals surface area contributed by atoms with E-state index in [2.05, 4.69) is 4.90 Å². The van der Waals surface area contributed by atoms with Crippen LogP contribution in [0.2, 0.25) is 0 Å². The first kappa shape index (κ1) is 15.0. The molecule has 1 aliphatic rings. The molecule has 0 aliphatic carbocycles. The van der Waals surface area contributed by atoms with Crippen molar-refractivity contribution in [2.45, 2.75) is 12.6 Å². The van der Waals surface area contributed by atoms with Crippen LogP contribution in [0, 0.1) is 0 Å². The van der Waals surface area contributed by atoms with Gasteiger partial charge in [-0.05, 0) is 17.7 Å². The lowest BCUT2D eigenvalue weighted by Crippen LogP contribution is -2.47. The first-order valence-electron chi connectivity index (χ1n) is 6.48. The molecule has 1 atom stereocenters. The molecule has 1 unspecified atom stereocenters. The maximum absolute atomic E-state index is 5.65. The van der Waals surface area contributed by atoms with Gasteiger partial charge >= 0.3 is 0 Å². The fraction of sp³-hybridized carbons (Fsp3) is 0.500. The number of thiocarbonyl (C=S) groups is 1. The van der Waals surface area contributed by atoms with Gasteiger partial charge in [0.1, 0.15) is 11.1 Å². The van der Waals surface area contributed by atoms with Crippen molar-refractivity contribution >= 4 is 17.2 Å². The number of nitrogens with zero attached hydrogens (tertiary/aromatic N) is 1. The normalized spacial score (nSPS) is 19.6. The van der Waals surface area contributed by atoms with Crippen molar-refractivity contribution in [3.63, 3.8) is 0 Å². The maximum atomic E-state index is 5.65. The van der Waals surface area contributed by atoms with Crippen molar-refractivity contribution in [3.05, 3.63) is 23.8 Å². The Morgan fingerprint density at radius 2 is 2.15 bits per heavy atom. The second kappa shape index (κ2) is 6.88. The summed E-state index contributed by atoms with van der Waals surface area (Å²) in [6.45, 7) is 3.05. The number of morpholine rings is 1. The van der Waals surface area contributed by atoms with E-state index < -0.39 is 0 Å². The van der Waals surface area contributed by atoms with E-state index >= 15 is 0 Å². The molecule has 1 aromatic carbocycles. The topological polar surface area (TPSA) is 57.0 Å². The summed E-state index contributed by atoms with van der Waals surface area (Å²) < 4.78 is 16.1. The molecule has 0 amide bonds. The standard InChI is InChI=1S/C14H20N2O3S/c1-17-11-4-3-10(7-12(11)18-2)8-16-5-6-19-13(9-16)14(15)20/h3-4,7,13H,5-6,8-9H2,1-2H3,(H2,15,20). The summed E-state index contributed by atoms with van der Waals surface area (Å²) in [6.07, 6.45) is -0.154. The molecule has 0 spiro atoms. The predicted octanol–water partition coefficient (Wildman–Crippen LogP) is 1.19. The highest BCUT2D eigenvalue weighted by Gasteiger charge is 2.22. The van der Waals surface area contributed by atoms with E-state index in [1.807, 2.05) is 18.2 Å². The van der Waals surface area contributed by atoms with Gasteiger partial charge in [-0.2, -0.15) is 0 Å². The number of nitrogens with two attached hydrogens (primary N) is 1. The zero-order chi connectivity index (χ0) is 14.5. The van der Waals surface area contributed by atoms with Crippen LogP contribution in [0.3, 0.4) is 0 Å². The first-order valence-corrected chi connectivity index (χ1v) is 6.89. The number of hydrogen-bond acceptors (Lipinski definition) is 5. The minimum Gasteiger partial charge on any atom is -0.493 e. The van der Waals surface area contributed by atoms with E-state index in [1.165, 1.54) is 0 Å². The van der Waals surface area contributed by atoms with Crippen LogP contribution in [-0.2, 0) is 11.3 Å². The molecule has 110 valence electrons. The summed E-state index contributed by atoms with van der Waals surface area (Å²) in [5.41, 5.74) is 6.81. The van der Waals surface area contributed by atoms with Crippen molar-refractivity contribution < 1.29 is 14.2 Å². The van der Waals surface area contributed by atoms with Gasteiger partial charge in [-0.1, -0.05) is 18.3 Å². The van der Waals surface area contributed by atoms with Crippen LogP contribution in [-0.4, -0.2) is 49.9 Å². The molecule has 2 N–H and O–H groups in total. The van der Waals surface area contributed by atoms with E-state index in [1.54, 1.807) is 14.2 Å². The summed E-state index contributed by atoms with van der Waals surface area (Å²) >= 11 is 4.99. The van der Waals surface area contributed by atoms with Crippen molar-refractivity contribution in [2.24, 2.45) is 5.73 Å². The van der Waals surface area contributed by atoms with Crippen molar-refractivity contribution in [3.8, 4) is 11.5 Å². The second-order valence-electron chi connectivity index (χ2n) is 4.69. The van der Waals surface area contributed by atoms with Crippen LogP contribution in [0.15, 0.2) is 18.2 Å². The first-order chi connectivity index (χ1) is 9.63. The van der Waals surface area contributed by atoms with Gasteiger partial charge in [0.2, 0.25) is 0 Å². The van der Waals surface area contributed by atoms with Gasteiger partial charge in [-0.3, -0.25) is 4.90 Å². The molecular formula is C14H20N2O3S. The molecule has 2 rings (SSSR count). The second-order valence-corrected chi connectivity index (χ2v) is 5.16. The quantitative estimate of drug-likeness (QED) is 0.824. The van der Waals surface area contributed by atoms with Gasteiger partial charge in [-0.25, -0.2) is 0 Å². The van der Waals surface area contributed by atoms with Gasteiger partial charge in [0, 0.05) is 19.6 Å². The number of methoxy groups -OCH3 is 2. The highest BCUT2D eigenvalue weighted by atomic mass is 32.1. The van der Waals surface area contributed by atoms with E-state index in [-0.39, 0.29) is 6.10 Å². The minimum atomic E-state index is -0.154. The zero-order valence-electron chi connectivity index (χ0n) is 11.8. The molecule has 1 fully saturated rings. The van der Waals surface area contributed by atoms with E-state index in [9.17, 15) is 0 Å². The molecule has 0 bridgehead atoms. The van der Waals surface area contributed by atoms with Crippen molar-refractivity contribution in [2.75, 3.05) is 33.9 Å². The summed E-state index contributed by atoms with van der Waals surface area (Å²) in [5.74, 6) is 1.48. The maximum Gasteiger partial charge on any atom is 0.161 e. The molecule has 1 aliphatic heterocycles. The SMILES string of the molecule is COc1ccc(CN2CCOC(C(N)=S)C2)cc1OC. The Bertz CT molecular complexity index is 481. The smallest absolute Gasteiger partial charge is 0.161 e. The van der Waals surface area contributed by atoms with Gasteiger partial charge < -0.3 is 19.9 Å². The van der Waals surface area contributed by atoms with Crippen LogP contribution < -0.4 is 15.2 Å². The molecule has 0 aromatic heterocycles. The number of hydrogen-bond donors (Lipinski definition) is 1. The molecule has 1 heterocycles. The van der Waals surface area contributed by atoms with Crippen molar-refractivity contribution in [1.29, 1.82) is 0 Å². The lowest BCUT2D eigenvalue weighted by atomic mass is 10.1. The predicted molar refractivity (Wildman–Crippen MR) is 81.3 cm³/mol. The van der Waals surface area contributed by atoms with Crippen LogP contribution in [0.4, 0.5) is 0 Å². The van der Waals surface area contributed by atoms with Gasteiger partial charge in [0.25, 0.3) is 0 Å². The van der Waals surface area contributed by atoms with Gasteiger partial charge in [-0.15, -0.1) is 0 Å². The Morgan fingerprint density at radius 3 is 2.80 bits per heavy atom. The Balaban J connectivity index is 2.04. The van der Waals surface area contributed by atoms with Gasteiger partial charge in [0.05, 0.1) is 20.8 Å². The number of benzene rings is 1. The molecule has 0 saturated carbocycles. The highest BCUT2D eigenvalue weighted by molar-refractivity contribution is 7.80. The summed E-state index contributed by atoms with van der Waals surface area (Å²) in [4.78, 5) is 2.69. The third kappa shape index (κ3) is 3.59. The molecule has 1 saturated heterocycles. The summed E-state index contributed by atoms with van der Waals surface area (Å²) in [5, 5.41) is 0. The monoisotopic (exact) mass is 296 g/mol. The van der Waals surface area contributed by atoms with E-state index in [4.69, 9.17) is 32.2 Å². The Morgan fingerprint density at radius 1 is 1.40 bits per heavy atom. The number of ether oxygens (including phenoxy) is 3. The molecule has 5 nitrogen and oxygen atoms in total. The Labute approximate surface area is 124 Å². The minimum absolute atomic E-state index is 0.154. The van der Waals surface area contributed by atoms with Crippen LogP contribution in [0.5, 0.6) is 11.5 Å². The molecule has 1 aromatic rings.